The van der Waals surface area contributed by atoms with Gasteiger partial charge < -0.3 is 10.5 Å². The van der Waals surface area contributed by atoms with Crippen molar-refractivity contribution in [2.24, 2.45) is 0 Å². The Hall–Kier alpha value is -2.08. The van der Waals surface area contributed by atoms with Crippen LogP contribution in [0.25, 0.3) is 0 Å². The van der Waals surface area contributed by atoms with E-state index in [1.165, 1.54) is 30.3 Å². The lowest BCUT2D eigenvalue weighted by Gasteiger charge is -2.12. The molecule has 0 spiro atoms. The van der Waals surface area contributed by atoms with E-state index in [0.29, 0.717) is 5.75 Å². The van der Waals surface area contributed by atoms with Crippen molar-refractivity contribution in [2.45, 2.75) is 11.8 Å². The van der Waals surface area contributed by atoms with E-state index in [1.807, 2.05) is 0 Å². The van der Waals surface area contributed by atoms with E-state index < -0.39 is 15.7 Å². The Morgan fingerprint density at radius 2 is 1.85 bits per heavy atom. The molecule has 0 heterocycles. The number of hydrogen-bond acceptors (Lipinski definition) is 4. The number of sulfone groups is 1. The molecule has 0 saturated carbocycles. The highest BCUT2D eigenvalue weighted by molar-refractivity contribution is 7.90. The van der Waals surface area contributed by atoms with Crippen LogP contribution in [0, 0.1) is 12.7 Å². The molecular weight excluding hydrogens is 281 g/mol. The maximum atomic E-state index is 13.2. The van der Waals surface area contributed by atoms with Gasteiger partial charge in [0.15, 0.2) is 15.6 Å². The van der Waals surface area contributed by atoms with Crippen LogP contribution in [0.1, 0.15) is 5.56 Å². The molecule has 0 atom stereocenters. The lowest BCUT2D eigenvalue weighted by atomic mass is 10.2. The second kappa shape index (κ2) is 5.13. The molecule has 2 aromatic rings. The Balaban J connectivity index is 2.47. The summed E-state index contributed by atoms with van der Waals surface area (Å²) >= 11 is 0. The molecule has 0 aliphatic carbocycles. The van der Waals surface area contributed by atoms with E-state index >= 15 is 0 Å². The molecule has 20 heavy (non-hydrogen) atoms. The van der Waals surface area contributed by atoms with E-state index in [-0.39, 0.29) is 16.3 Å². The second-order valence-electron chi connectivity index (χ2n) is 4.45. The third kappa shape index (κ3) is 2.91. The lowest BCUT2D eigenvalue weighted by Crippen LogP contribution is -2.04. The van der Waals surface area contributed by atoms with Crippen LogP contribution in [0.15, 0.2) is 41.3 Å². The average molecular weight is 295 g/mol. The fourth-order valence-corrected chi connectivity index (χ4v) is 2.56. The van der Waals surface area contributed by atoms with Gasteiger partial charge in [-0.15, -0.1) is 0 Å². The Morgan fingerprint density at radius 1 is 1.15 bits per heavy atom. The number of hydrogen-bond donors (Lipinski definition) is 1. The molecule has 0 bridgehead atoms. The van der Waals surface area contributed by atoms with Gasteiger partial charge in [-0.3, -0.25) is 0 Å². The number of benzene rings is 2. The molecule has 0 aliphatic heterocycles. The van der Waals surface area contributed by atoms with Crippen molar-refractivity contribution in [3.8, 4) is 11.5 Å². The van der Waals surface area contributed by atoms with Gasteiger partial charge >= 0.3 is 0 Å². The van der Waals surface area contributed by atoms with Crippen LogP contribution in [0.5, 0.6) is 11.5 Å². The van der Waals surface area contributed by atoms with Crippen molar-refractivity contribution in [3.05, 3.63) is 47.8 Å². The minimum absolute atomic E-state index is 0.0101. The molecule has 2 rings (SSSR count). The van der Waals surface area contributed by atoms with E-state index in [0.717, 1.165) is 11.8 Å². The molecule has 0 saturated heterocycles. The Morgan fingerprint density at radius 3 is 2.50 bits per heavy atom. The first-order chi connectivity index (χ1) is 9.29. The highest BCUT2D eigenvalue weighted by atomic mass is 32.2. The van der Waals surface area contributed by atoms with Crippen molar-refractivity contribution < 1.29 is 17.5 Å². The van der Waals surface area contributed by atoms with Gasteiger partial charge in [0.2, 0.25) is 0 Å². The Bertz CT molecular complexity index is 757. The maximum absolute atomic E-state index is 13.2. The molecule has 106 valence electrons. The van der Waals surface area contributed by atoms with Gasteiger partial charge in [-0.2, -0.15) is 0 Å². The zero-order valence-electron chi connectivity index (χ0n) is 11.1. The number of rotatable bonds is 3. The number of nitrogens with two attached hydrogens (primary N) is 1. The van der Waals surface area contributed by atoms with Crippen LogP contribution in [0.3, 0.4) is 0 Å². The van der Waals surface area contributed by atoms with Crippen molar-refractivity contribution in [3.63, 3.8) is 0 Å². The molecule has 2 N–H and O–H groups in total. The highest BCUT2D eigenvalue weighted by Gasteiger charge is 2.16. The summed E-state index contributed by atoms with van der Waals surface area (Å²) in [6.45, 7) is 1.76. The number of anilines is 1. The first-order valence-corrected chi connectivity index (χ1v) is 7.71. The average Bonchev–Trinajstić information content (AvgIpc) is 2.35. The first kappa shape index (κ1) is 14.3. The summed E-state index contributed by atoms with van der Waals surface area (Å²) in [4.78, 5) is -0.0101. The van der Waals surface area contributed by atoms with Crippen LogP contribution in [-0.2, 0) is 9.84 Å². The molecule has 4 nitrogen and oxygen atoms in total. The van der Waals surface area contributed by atoms with Crippen LogP contribution in [0.2, 0.25) is 0 Å². The van der Waals surface area contributed by atoms with E-state index in [2.05, 4.69) is 0 Å². The number of halogens is 1. The van der Waals surface area contributed by atoms with Gasteiger partial charge in [0.25, 0.3) is 0 Å². The third-order valence-electron chi connectivity index (χ3n) is 2.80. The minimum Gasteiger partial charge on any atom is -0.455 e. The SMILES string of the molecule is Cc1ccc(F)cc1Oc1cccc(S(C)(=O)=O)c1N. The largest absolute Gasteiger partial charge is 0.455 e. The fourth-order valence-electron chi connectivity index (χ4n) is 1.74. The fraction of sp³-hybridized carbons (Fsp3) is 0.143. The Labute approximate surface area is 116 Å². The molecule has 0 aliphatic rings. The Kier molecular flexibility index (Phi) is 3.67. The molecule has 0 fully saturated rings. The molecule has 2 aromatic carbocycles. The summed E-state index contributed by atoms with van der Waals surface area (Å²) < 4.78 is 41.9. The summed E-state index contributed by atoms with van der Waals surface area (Å²) in [5, 5.41) is 0. The van der Waals surface area contributed by atoms with Crippen molar-refractivity contribution in [1.29, 1.82) is 0 Å². The second-order valence-corrected chi connectivity index (χ2v) is 6.44. The molecule has 0 amide bonds. The van der Waals surface area contributed by atoms with Gasteiger partial charge in [0.05, 0.1) is 10.6 Å². The standard InChI is InChI=1S/C14H14FNO3S/c1-9-6-7-10(15)8-12(9)19-11-4-3-5-13(14(11)16)20(2,17)18/h3-8H,16H2,1-2H3. The van der Waals surface area contributed by atoms with E-state index in [9.17, 15) is 12.8 Å². The zero-order valence-corrected chi connectivity index (χ0v) is 11.9. The van der Waals surface area contributed by atoms with E-state index in [1.54, 1.807) is 13.0 Å². The van der Waals surface area contributed by atoms with Crippen LogP contribution >= 0.6 is 0 Å². The summed E-state index contributed by atoms with van der Waals surface area (Å²) in [7, 11) is -3.45. The quantitative estimate of drug-likeness (QED) is 0.884. The summed E-state index contributed by atoms with van der Waals surface area (Å²) in [5.41, 5.74) is 6.54. The van der Waals surface area contributed by atoms with Crippen LogP contribution < -0.4 is 10.5 Å². The van der Waals surface area contributed by atoms with Crippen LogP contribution in [-0.4, -0.2) is 14.7 Å². The van der Waals surface area contributed by atoms with E-state index in [4.69, 9.17) is 10.5 Å². The zero-order chi connectivity index (χ0) is 14.9. The topological polar surface area (TPSA) is 69.4 Å². The van der Waals surface area contributed by atoms with Gasteiger partial charge in [-0.25, -0.2) is 12.8 Å². The third-order valence-corrected chi connectivity index (χ3v) is 3.95. The summed E-state index contributed by atoms with van der Waals surface area (Å²) in [5.74, 6) is 0.0346. The van der Waals surface area contributed by atoms with Crippen molar-refractivity contribution >= 4 is 15.5 Å². The number of para-hydroxylation sites is 1. The van der Waals surface area contributed by atoms with Crippen molar-refractivity contribution in [1.82, 2.24) is 0 Å². The molecule has 6 heteroatoms. The highest BCUT2D eigenvalue weighted by Crippen LogP contribution is 2.33. The normalized spacial score (nSPS) is 11.3. The molecule has 0 radical (unpaired) electrons. The molecule has 0 aromatic heterocycles. The predicted octanol–water partition coefficient (Wildman–Crippen LogP) is 2.91. The first-order valence-electron chi connectivity index (χ1n) is 5.81. The lowest BCUT2D eigenvalue weighted by molar-refractivity contribution is 0.473. The molecular formula is C14H14FNO3S. The summed E-state index contributed by atoms with van der Waals surface area (Å²) in [6, 6.07) is 8.57. The van der Waals surface area contributed by atoms with Crippen molar-refractivity contribution in [2.75, 3.05) is 12.0 Å². The number of ether oxygens (including phenoxy) is 1. The maximum Gasteiger partial charge on any atom is 0.177 e. The monoisotopic (exact) mass is 295 g/mol. The van der Waals surface area contributed by atoms with Gasteiger partial charge in [-0.1, -0.05) is 12.1 Å². The van der Waals surface area contributed by atoms with Gasteiger partial charge in [0.1, 0.15) is 11.6 Å². The van der Waals surface area contributed by atoms with Gasteiger partial charge in [0, 0.05) is 12.3 Å². The number of aryl methyl sites for hydroxylation is 1. The molecule has 0 unspecified atom stereocenters. The number of nitrogen functional groups attached to an aromatic ring is 1. The minimum atomic E-state index is -3.45. The summed E-state index contributed by atoms with van der Waals surface area (Å²) in [6.07, 6.45) is 1.07. The predicted molar refractivity (Wildman–Crippen MR) is 75.2 cm³/mol. The smallest absolute Gasteiger partial charge is 0.177 e. The van der Waals surface area contributed by atoms with Crippen LogP contribution in [0.4, 0.5) is 10.1 Å². The van der Waals surface area contributed by atoms with Gasteiger partial charge in [-0.05, 0) is 30.7 Å².